The molecule has 0 saturated heterocycles. The third-order valence-corrected chi connectivity index (χ3v) is 4.68. The minimum Gasteiger partial charge on any atom is -0.370 e. The van der Waals surface area contributed by atoms with Crippen LogP contribution in [0.1, 0.15) is 51.2 Å². The van der Waals surface area contributed by atoms with Crippen molar-refractivity contribution < 1.29 is 4.79 Å². The van der Waals surface area contributed by atoms with Gasteiger partial charge in [-0.3, -0.25) is 4.79 Å². The van der Waals surface area contributed by atoms with E-state index in [9.17, 15) is 4.79 Å². The van der Waals surface area contributed by atoms with E-state index in [4.69, 9.17) is 5.73 Å². The number of amides is 1. The first kappa shape index (κ1) is 19.3. The molecule has 0 fully saturated rings. The van der Waals surface area contributed by atoms with Gasteiger partial charge >= 0.3 is 0 Å². The van der Waals surface area contributed by atoms with Crippen LogP contribution < -0.4 is 11.1 Å². The lowest BCUT2D eigenvalue weighted by atomic mass is 10.00. The summed E-state index contributed by atoms with van der Waals surface area (Å²) in [5.41, 5.74) is 8.50. The normalized spacial score (nSPS) is 15.8. The number of hydrogen-bond donors (Lipinski definition) is 2. The zero-order chi connectivity index (χ0) is 18.2. The quantitative estimate of drug-likeness (QED) is 0.590. The maximum absolute atomic E-state index is 12.4. The van der Waals surface area contributed by atoms with Crippen molar-refractivity contribution in [2.24, 2.45) is 16.6 Å². The summed E-state index contributed by atoms with van der Waals surface area (Å²) in [6, 6.07) is 8.58. The maximum atomic E-state index is 12.4. The van der Waals surface area contributed by atoms with Crippen LogP contribution in [0.25, 0.3) is 0 Å². The molecule has 3 N–H and O–H groups in total. The molecule has 0 aliphatic carbocycles. The van der Waals surface area contributed by atoms with E-state index in [1.807, 2.05) is 11.0 Å². The van der Waals surface area contributed by atoms with Gasteiger partial charge in [-0.15, -0.1) is 0 Å². The van der Waals surface area contributed by atoms with Gasteiger partial charge in [0, 0.05) is 19.1 Å². The Kier molecular flexibility index (Phi) is 7.29. The summed E-state index contributed by atoms with van der Waals surface area (Å²) in [4.78, 5) is 18.5. The zero-order valence-electron chi connectivity index (χ0n) is 15.8. The van der Waals surface area contributed by atoms with Gasteiger partial charge in [-0.2, -0.15) is 0 Å². The molecule has 1 unspecified atom stereocenters. The Labute approximate surface area is 151 Å². The molecule has 138 valence electrons. The number of nitrogens with one attached hydrogen (secondary N) is 1. The molecule has 1 aromatic rings. The molecule has 1 aliphatic rings. The van der Waals surface area contributed by atoms with Crippen LogP contribution in [0.2, 0.25) is 0 Å². The largest absolute Gasteiger partial charge is 0.370 e. The number of aliphatic imine (C=N–C) groups is 1. The smallest absolute Gasteiger partial charge is 0.244 e. The zero-order valence-corrected chi connectivity index (χ0v) is 15.8. The lowest BCUT2D eigenvalue weighted by molar-refractivity contribution is -0.130. The molecule has 0 radical (unpaired) electrons. The second kappa shape index (κ2) is 9.44. The highest BCUT2D eigenvalue weighted by atomic mass is 16.2. The van der Waals surface area contributed by atoms with Gasteiger partial charge in [0.2, 0.25) is 5.91 Å². The van der Waals surface area contributed by atoms with Crippen LogP contribution >= 0.6 is 0 Å². The van der Waals surface area contributed by atoms with E-state index in [1.54, 1.807) is 0 Å². The summed E-state index contributed by atoms with van der Waals surface area (Å²) in [6.45, 7) is 8.11. The molecule has 5 nitrogen and oxygen atoms in total. The van der Waals surface area contributed by atoms with Crippen molar-refractivity contribution in [1.29, 1.82) is 0 Å². The Bertz CT molecular complexity index is 597. The molecule has 0 saturated carbocycles. The third-order valence-electron chi connectivity index (χ3n) is 4.68. The molecule has 1 aliphatic heterocycles. The van der Waals surface area contributed by atoms with Gasteiger partial charge in [-0.25, -0.2) is 4.99 Å². The number of carbonyl (C=O) groups is 1. The molecule has 25 heavy (non-hydrogen) atoms. The first-order valence-electron chi connectivity index (χ1n) is 9.36. The van der Waals surface area contributed by atoms with Crippen LogP contribution in [0.15, 0.2) is 29.3 Å². The number of carbonyl (C=O) groups excluding carboxylic acids is 1. The second-order valence-corrected chi connectivity index (χ2v) is 7.41. The number of nitrogens with two attached hydrogens (primary N) is 1. The molecule has 1 aromatic carbocycles. The first-order chi connectivity index (χ1) is 12.0. The summed E-state index contributed by atoms with van der Waals surface area (Å²) < 4.78 is 0. The fraction of sp³-hybridized carbons (Fsp3) is 0.600. The van der Waals surface area contributed by atoms with E-state index in [0.29, 0.717) is 12.5 Å². The van der Waals surface area contributed by atoms with Gasteiger partial charge in [0.25, 0.3) is 0 Å². The van der Waals surface area contributed by atoms with E-state index >= 15 is 0 Å². The van der Waals surface area contributed by atoms with Gasteiger partial charge in [0.05, 0.1) is 0 Å². The van der Waals surface area contributed by atoms with Crippen molar-refractivity contribution in [3.8, 4) is 0 Å². The van der Waals surface area contributed by atoms with Crippen molar-refractivity contribution in [3.63, 3.8) is 0 Å². The highest BCUT2D eigenvalue weighted by Gasteiger charge is 2.19. The lowest BCUT2D eigenvalue weighted by Crippen LogP contribution is -2.41. The lowest BCUT2D eigenvalue weighted by Gasteiger charge is -2.28. The average molecular weight is 345 g/mol. The van der Waals surface area contributed by atoms with Crippen molar-refractivity contribution in [3.05, 3.63) is 35.4 Å². The molecule has 1 amide bonds. The molecule has 0 spiro atoms. The first-order valence-corrected chi connectivity index (χ1v) is 9.36. The number of benzene rings is 1. The minimum atomic E-state index is 0.0340. The molecular formula is C20H32N4O. The summed E-state index contributed by atoms with van der Waals surface area (Å²) in [6.07, 6.45) is 4.36. The fourth-order valence-corrected chi connectivity index (χ4v) is 3.16. The van der Waals surface area contributed by atoms with Crippen LogP contribution in [0.4, 0.5) is 0 Å². The van der Waals surface area contributed by atoms with Gasteiger partial charge in [0.15, 0.2) is 5.96 Å². The summed E-state index contributed by atoms with van der Waals surface area (Å²) in [5, 5.41) is 3.18. The van der Waals surface area contributed by atoms with Crippen molar-refractivity contribution in [1.82, 2.24) is 10.2 Å². The van der Waals surface area contributed by atoms with Crippen molar-refractivity contribution in [2.75, 3.05) is 13.1 Å². The summed E-state index contributed by atoms with van der Waals surface area (Å²) >= 11 is 0. The maximum Gasteiger partial charge on any atom is 0.244 e. The number of rotatable bonds is 7. The standard InChI is InChI=1S/C20H32N4O/c1-15(2)7-6-8-16(3)23-20(21)22-13-19(25)24-12-11-17-9-4-5-10-18(17)14-24/h4-5,9-10,15-16H,6-8,11-14H2,1-3H3,(H3,21,22,23). The number of nitrogens with zero attached hydrogens (tertiary/aromatic N) is 2. The second-order valence-electron chi connectivity index (χ2n) is 7.41. The van der Waals surface area contributed by atoms with Gasteiger partial charge in [-0.1, -0.05) is 51.0 Å². The van der Waals surface area contributed by atoms with E-state index in [2.05, 4.69) is 49.3 Å². The van der Waals surface area contributed by atoms with Gasteiger partial charge < -0.3 is 16.0 Å². The molecule has 1 heterocycles. The Morgan fingerprint density at radius 1 is 1.24 bits per heavy atom. The van der Waals surface area contributed by atoms with E-state index in [0.717, 1.165) is 25.3 Å². The highest BCUT2D eigenvalue weighted by Crippen LogP contribution is 2.18. The van der Waals surface area contributed by atoms with Crippen molar-refractivity contribution in [2.45, 2.75) is 59.0 Å². The van der Waals surface area contributed by atoms with Gasteiger partial charge in [-0.05, 0) is 36.8 Å². The predicted octanol–water partition coefficient (Wildman–Crippen LogP) is 2.69. The Hall–Kier alpha value is -2.04. The van der Waals surface area contributed by atoms with E-state index in [-0.39, 0.29) is 18.5 Å². The van der Waals surface area contributed by atoms with Crippen molar-refractivity contribution >= 4 is 11.9 Å². The number of guanidine groups is 1. The van der Waals surface area contributed by atoms with Crippen LogP contribution in [0, 0.1) is 5.92 Å². The highest BCUT2D eigenvalue weighted by molar-refractivity contribution is 5.84. The van der Waals surface area contributed by atoms with E-state index in [1.165, 1.54) is 24.0 Å². The van der Waals surface area contributed by atoms with Gasteiger partial charge in [0.1, 0.15) is 6.54 Å². The average Bonchev–Trinajstić information content (AvgIpc) is 2.58. The Morgan fingerprint density at radius 3 is 2.68 bits per heavy atom. The topological polar surface area (TPSA) is 70.7 Å². The number of fused-ring (bicyclic) bond motifs is 1. The minimum absolute atomic E-state index is 0.0340. The summed E-state index contributed by atoms with van der Waals surface area (Å²) in [7, 11) is 0. The Morgan fingerprint density at radius 2 is 1.96 bits per heavy atom. The van der Waals surface area contributed by atoms with Crippen LogP contribution in [-0.4, -0.2) is 35.9 Å². The molecular weight excluding hydrogens is 312 g/mol. The predicted molar refractivity (Wildman–Crippen MR) is 103 cm³/mol. The third kappa shape index (κ3) is 6.40. The molecule has 2 rings (SSSR count). The molecule has 0 bridgehead atoms. The summed E-state index contributed by atoms with van der Waals surface area (Å²) in [5.74, 6) is 1.13. The molecule has 1 atom stereocenters. The number of hydrogen-bond acceptors (Lipinski definition) is 2. The molecule has 5 heteroatoms. The molecule has 0 aromatic heterocycles. The van der Waals surface area contributed by atoms with Crippen LogP contribution in [0.3, 0.4) is 0 Å². The fourth-order valence-electron chi connectivity index (χ4n) is 3.16. The Balaban J connectivity index is 1.76. The SMILES string of the molecule is CC(C)CCCC(C)NC(N)=NCC(=O)N1CCc2ccccc2C1. The van der Waals surface area contributed by atoms with Crippen LogP contribution in [-0.2, 0) is 17.8 Å². The van der Waals surface area contributed by atoms with E-state index < -0.39 is 0 Å². The monoisotopic (exact) mass is 344 g/mol. The van der Waals surface area contributed by atoms with Crippen LogP contribution in [0.5, 0.6) is 0 Å².